The fourth-order valence-electron chi connectivity index (χ4n) is 2.40. The van der Waals surface area contributed by atoms with Crippen LogP contribution in [0.5, 0.6) is 0 Å². The largest absolute Gasteiger partial charge is 0.379 e. The molecule has 5 heteroatoms. The monoisotopic (exact) mass is 345 g/mol. The van der Waals surface area contributed by atoms with Gasteiger partial charge in [0, 0.05) is 26.1 Å². The van der Waals surface area contributed by atoms with Gasteiger partial charge in [0.2, 0.25) is 0 Å². The molecule has 0 amide bonds. The number of aryl methyl sites for hydroxylation is 2. The Morgan fingerprint density at radius 3 is 2.50 bits per heavy atom. The maximum absolute atomic E-state index is 5.55. The standard InChI is InChI=1S/C15H28BrN3O/c1-7-12-14(16)13(19(8-2)18-12)9-11(17-5)10-15(3,4)20-6/h11,17H,7-10H2,1-6H3. The molecule has 1 atom stereocenters. The van der Waals surface area contributed by atoms with E-state index in [1.165, 1.54) is 5.69 Å². The third-order valence-corrected chi connectivity index (χ3v) is 4.75. The molecule has 116 valence electrons. The first-order chi connectivity index (χ1) is 9.38. The highest BCUT2D eigenvalue weighted by atomic mass is 79.9. The summed E-state index contributed by atoms with van der Waals surface area (Å²) in [5.41, 5.74) is 2.29. The molecule has 0 fully saturated rings. The van der Waals surface area contributed by atoms with E-state index in [2.05, 4.69) is 58.7 Å². The van der Waals surface area contributed by atoms with Gasteiger partial charge in [-0.25, -0.2) is 0 Å². The van der Waals surface area contributed by atoms with Crippen LogP contribution >= 0.6 is 15.9 Å². The van der Waals surface area contributed by atoms with Gasteiger partial charge in [0.25, 0.3) is 0 Å². The Morgan fingerprint density at radius 2 is 2.05 bits per heavy atom. The molecule has 1 aromatic rings. The molecule has 1 heterocycles. The van der Waals surface area contributed by atoms with Crippen LogP contribution in [0.25, 0.3) is 0 Å². The average Bonchev–Trinajstić information content (AvgIpc) is 2.74. The lowest BCUT2D eigenvalue weighted by Gasteiger charge is -2.28. The second-order valence-corrected chi connectivity index (χ2v) is 6.53. The van der Waals surface area contributed by atoms with Crippen molar-refractivity contribution in [2.45, 2.75) is 65.1 Å². The van der Waals surface area contributed by atoms with Crippen molar-refractivity contribution in [2.24, 2.45) is 0 Å². The van der Waals surface area contributed by atoms with E-state index in [4.69, 9.17) is 4.74 Å². The molecule has 1 rings (SSSR count). The van der Waals surface area contributed by atoms with E-state index in [1.807, 2.05) is 7.05 Å². The van der Waals surface area contributed by atoms with Crippen molar-refractivity contribution in [3.63, 3.8) is 0 Å². The summed E-state index contributed by atoms with van der Waals surface area (Å²) in [6.07, 6.45) is 2.86. The van der Waals surface area contributed by atoms with Crippen LogP contribution in [0.2, 0.25) is 0 Å². The zero-order chi connectivity index (χ0) is 15.3. The van der Waals surface area contributed by atoms with Gasteiger partial charge in [-0.1, -0.05) is 6.92 Å². The zero-order valence-electron chi connectivity index (χ0n) is 13.6. The number of ether oxygens (including phenoxy) is 1. The lowest BCUT2D eigenvalue weighted by atomic mass is 9.95. The summed E-state index contributed by atoms with van der Waals surface area (Å²) < 4.78 is 8.82. The van der Waals surface area contributed by atoms with E-state index < -0.39 is 0 Å². The molecule has 0 saturated heterocycles. The van der Waals surface area contributed by atoms with Gasteiger partial charge in [0.05, 0.1) is 21.5 Å². The normalized spacial score (nSPS) is 13.8. The van der Waals surface area contributed by atoms with E-state index in [-0.39, 0.29) is 5.60 Å². The summed E-state index contributed by atoms with van der Waals surface area (Å²) in [4.78, 5) is 0. The van der Waals surface area contributed by atoms with Gasteiger partial charge in [-0.05, 0) is 56.6 Å². The van der Waals surface area contributed by atoms with Gasteiger partial charge in [-0.15, -0.1) is 0 Å². The third kappa shape index (κ3) is 4.30. The first-order valence-corrected chi connectivity index (χ1v) is 8.14. The second kappa shape index (κ2) is 7.57. The van der Waals surface area contributed by atoms with Crippen molar-refractivity contribution in [1.82, 2.24) is 15.1 Å². The smallest absolute Gasteiger partial charge is 0.0766 e. The van der Waals surface area contributed by atoms with E-state index in [0.29, 0.717) is 6.04 Å². The maximum Gasteiger partial charge on any atom is 0.0766 e. The van der Waals surface area contributed by atoms with Crippen LogP contribution in [0.4, 0.5) is 0 Å². The molecule has 0 aromatic carbocycles. The number of methoxy groups -OCH3 is 1. The number of hydrogen-bond donors (Lipinski definition) is 1. The van der Waals surface area contributed by atoms with E-state index in [0.717, 1.165) is 36.0 Å². The van der Waals surface area contributed by atoms with Gasteiger partial charge in [-0.2, -0.15) is 5.10 Å². The Morgan fingerprint density at radius 1 is 1.40 bits per heavy atom. The SMILES string of the molecule is CCc1nn(CC)c(CC(CC(C)(C)OC)NC)c1Br. The fourth-order valence-corrected chi connectivity index (χ4v) is 3.12. The Hall–Kier alpha value is -0.390. The number of likely N-dealkylation sites (N-methyl/N-ethyl adjacent to an activating group) is 1. The summed E-state index contributed by atoms with van der Waals surface area (Å²) in [6, 6.07) is 0.368. The lowest BCUT2D eigenvalue weighted by molar-refractivity contribution is 0.00757. The summed E-state index contributed by atoms with van der Waals surface area (Å²) >= 11 is 3.72. The van der Waals surface area contributed by atoms with Crippen LogP contribution in [0.3, 0.4) is 0 Å². The molecular weight excluding hydrogens is 318 g/mol. The highest BCUT2D eigenvalue weighted by molar-refractivity contribution is 9.10. The van der Waals surface area contributed by atoms with Crippen molar-refractivity contribution in [2.75, 3.05) is 14.2 Å². The van der Waals surface area contributed by atoms with E-state index in [1.54, 1.807) is 7.11 Å². The number of hydrogen-bond acceptors (Lipinski definition) is 3. The molecule has 0 saturated carbocycles. The van der Waals surface area contributed by atoms with Gasteiger partial charge in [-0.3, -0.25) is 4.68 Å². The number of rotatable bonds is 8. The highest BCUT2D eigenvalue weighted by Gasteiger charge is 2.24. The summed E-state index contributed by atoms with van der Waals surface area (Å²) in [7, 11) is 3.78. The number of halogens is 1. The molecule has 4 nitrogen and oxygen atoms in total. The first kappa shape index (κ1) is 17.7. The lowest BCUT2D eigenvalue weighted by Crippen LogP contribution is -2.37. The minimum atomic E-state index is -0.120. The number of nitrogens with one attached hydrogen (secondary N) is 1. The van der Waals surface area contributed by atoms with Crippen LogP contribution in [0.1, 0.15) is 45.5 Å². The highest BCUT2D eigenvalue weighted by Crippen LogP contribution is 2.25. The van der Waals surface area contributed by atoms with Crippen molar-refractivity contribution in [3.05, 3.63) is 15.9 Å². The average molecular weight is 346 g/mol. The van der Waals surface area contributed by atoms with Crippen molar-refractivity contribution < 1.29 is 4.74 Å². The van der Waals surface area contributed by atoms with E-state index >= 15 is 0 Å². The predicted octanol–water partition coefficient (Wildman–Crippen LogP) is 3.17. The minimum Gasteiger partial charge on any atom is -0.379 e. The van der Waals surface area contributed by atoms with Crippen LogP contribution in [0.15, 0.2) is 4.47 Å². The minimum absolute atomic E-state index is 0.120. The van der Waals surface area contributed by atoms with Crippen LogP contribution < -0.4 is 5.32 Å². The van der Waals surface area contributed by atoms with Gasteiger partial charge in [0.15, 0.2) is 0 Å². The van der Waals surface area contributed by atoms with Crippen LogP contribution in [-0.4, -0.2) is 35.6 Å². The Balaban J connectivity index is 2.92. The summed E-state index contributed by atoms with van der Waals surface area (Å²) in [5, 5.41) is 8.07. The molecule has 0 spiro atoms. The van der Waals surface area contributed by atoms with Gasteiger partial charge < -0.3 is 10.1 Å². The van der Waals surface area contributed by atoms with Crippen molar-refractivity contribution in [1.29, 1.82) is 0 Å². The molecule has 0 aliphatic rings. The quantitative estimate of drug-likeness (QED) is 0.786. The van der Waals surface area contributed by atoms with Crippen LogP contribution in [0, 0.1) is 0 Å². The molecule has 0 radical (unpaired) electrons. The van der Waals surface area contributed by atoms with Gasteiger partial charge in [0.1, 0.15) is 0 Å². The topological polar surface area (TPSA) is 39.1 Å². The predicted molar refractivity (Wildman–Crippen MR) is 87.2 cm³/mol. The number of aromatic nitrogens is 2. The number of nitrogens with zero attached hydrogens (tertiary/aromatic N) is 2. The summed E-state index contributed by atoms with van der Waals surface area (Å²) in [5.74, 6) is 0. The maximum atomic E-state index is 5.55. The molecule has 0 aliphatic heterocycles. The van der Waals surface area contributed by atoms with Crippen molar-refractivity contribution >= 4 is 15.9 Å². The first-order valence-electron chi connectivity index (χ1n) is 7.34. The third-order valence-electron chi connectivity index (χ3n) is 3.83. The second-order valence-electron chi connectivity index (χ2n) is 5.73. The van der Waals surface area contributed by atoms with E-state index in [9.17, 15) is 0 Å². The molecule has 20 heavy (non-hydrogen) atoms. The molecule has 0 bridgehead atoms. The molecular formula is C15H28BrN3O. The van der Waals surface area contributed by atoms with Gasteiger partial charge >= 0.3 is 0 Å². The zero-order valence-corrected chi connectivity index (χ0v) is 15.2. The van der Waals surface area contributed by atoms with Crippen molar-refractivity contribution in [3.8, 4) is 0 Å². The molecule has 1 N–H and O–H groups in total. The summed E-state index contributed by atoms with van der Waals surface area (Å²) in [6.45, 7) is 9.43. The molecule has 1 unspecified atom stereocenters. The Labute approximate surface area is 131 Å². The molecule has 1 aromatic heterocycles. The Bertz CT molecular complexity index is 429. The van der Waals surface area contributed by atoms with Crippen LogP contribution in [-0.2, 0) is 24.1 Å². The Kier molecular flexibility index (Phi) is 6.69. The molecule has 0 aliphatic carbocycles. The fraction of sp³-hybridized carbons (Fsp3) is 0.800.